The minimum absolute atomic E-state index is 0.189. The fraction of sp³-hybridized carbons (Fsp3) is 0.167. The Balaban J connectivity index is 1.49. The first-order valence-corrected chi connectivity index (χ1v) is 12.3. The number of carbonyl (C=O) groups is 1. The van der Waals surface area contributed by atoms with E-state index >= 15 is 4.39 Å². The predicted octanol–water partition coefficient (Wildman–Crippen LogP) is 3.62. The molecular formula is C24H19FN6O3S. The van der Waals surface area contributed by atoms with Crippen molar-refractivity contribution in [2.45, 2.75) is 12.8 Å². The lowest BCUT2D eigenvalue weighted by atomic mass is 10.0. The van der Waals surface area contributed by atoms with Gasteiger partial charge in [-0.1, -0.05) is 6.07 Å². The van der Waals surface area contributed by atoms with E-state index < -0.39 is 21.8 Å². The van der Waals surface area contributed by atoms with E-state index in [0.29, 0.717) is 35.2 Å². The maximum atomic E-state index is 15.3. The molecule has 0 amide bonds. The van der Waals surface area contributed by atoms with Crippen molar-refractivity contribution < 1.29 is 17.6 Å². The van der Waals surface area contributed by atoms with Gasteiger partial charge in [0.15, 0.2) is 11.6 Å². The predicted molar refractivity (Wildman–Crippen MR) is 127 cm³/mol. The van der Waals surface area contributed by atoms with Crippen LogP contribution in [0.5, 0.6) is 0 Å². The number of nitriles is 1. The number of ketones is 1. The SMILES string of the molecule is N#Cc1ccc(-c2cnc3[nH]cc(C(=O)c4cccc(NS(=O)(=O)N5CCCC5)c4F)c3c2)cn1. The van der Waals surface area contributed by atoms with Crippen LogP contribution in [-0.4, -0.2) is 46.5 Å². The number of hydrogen-bond donors (Lipinski definition) is 2. The van der Waals surface area contributed by atoms with Crippen molar-refractivity contribution in [1.29, 1.82) is 5.26 Å². The van der Waals surface area contributed by atoms with Gasteiger partial charge in [0.05, 0.1) is 11.3 Å². The Hall–Kier alpha value is -4.14. The molecule has 9 nitrogen and oxygen atoms in total. The second-order valence-corrected chi connectivity index (χ2v) is 9.75. The van der Waals surface area contributed by atoms with Crippen LogP contribution in [0, 0.1) is 17.1 Å². The number of nitrogens with zero attached hydrogens (tertiary/aromatic N) is 4. The summed E-state index contributed by atoms with van der Waals surface area (Å²) in [5.41, 5.74) is 1.71. The summed E-state index contributed by atoms with van der Waals surface area (Å²) >= 11 is 0. The quantitative estimate of drug-likeness (QED) is 0.397. The Morgan fingerprint density at radius 3 is 2.57 bits per heavy atom. The lowest BCUT2D eigenvalue weighted by Crippen LogP contribution is -2.33. The van der Waals surface area contributed by atoms with E-state index in [0.717, 1.165) is 12.8 Å². The van der Waals surface area contributed by atoms with Crippen molar-refractivity contribution >= 4 is 32.7 Å². The molecular weight excluding hydrogens is 471 g/mol. The Kier molecular flexibility index (Phi) is 5.76. The highest BCUT2D eigenvalue weighted by atomic mass is 32.2. The molecule has 3 aromatic heterocycles. The number of hydrogen-bond acceptors (Lipinski definition) is 6. The van der Waals surface area contributed by atoms with Gasteiger partial charge in [-0.15, -0.1) is 0 Å². The Bertz CT molecular complexity index is 1590. The molecule has 0 bridgehead atoms. The molecule has 0 atom stereocenters. The van der Waals surface area contributed by atoms with Gasteiger partial charge >= 0.3 is 10.2 Å². The van der Waals surface area contributed by atoms with Crippen molar-refractivity contribution in [1.82, 2.24) is 19.3 Å². The van der Waals surface area contributed by atoms with Crippen LogP contribution in [0.1, 0.15) is 34.5 Å². The van der Waals surface area contributed by atoms with Gasteiger partial charge in [0.1, 0.15) is 17.4 Å². The number of anilines is 1. The number of pyridine rings is 2. The van der Waals surface area contributed by atoms with E-state index in [1.807, 2.05) is 6.07 Å². The van der Waals surface area contributed by atoms with Crippen LogP contribution in [0.15, 0.2) is 55.0 Å². The van der Waals surface area contributed by atoms with E-state index in [1.54, 1.807) is 24.4 Å². The molecule has 1 aromatic carbocycles. The average molecular weight is 491 g/mol. The van der Waals surface area contributed by atoms with Crippen LogP contribution in [0.3, 0.4) is 0 Å². The molecule has 5 rings (SSSR count). The van der Waals surface area contributed by atoms with Crippen molar-refractivity contribution in [3.8, 4) is 17.2 Å². The summed E-state index contributed by atoms with van der Waals surface area (Å²) in [4.78, 5) is 24.6. The van der Waals surface area contributed by atoms with Crippen LogP contribution in [-0.2, 0) is 10.2 Å². The molecule has 176 valence electrons. The fourth-order valence-corrected chi connectivity index (χ4v) is 5.35. The van der Waals surface area contributed by atoms with Crippen LogP contribution in [0.25, 0.3) is 22.2 Å². The molecule has 35 heavy (non-hydrogen) atoms. The summed E-state index contributed by atoms with van der Waals surface area (Å²) in [5, 5.41) is 9.41. The summed E-state index contributed by atoms with van der Waals surface area (Å²) in [5.74, 6) is -1.57. The van der Waals surface area contributed by atoms with Crippen LogP contribution >= 0.6 is 0 Å². The average Bonchev–Trinajstić information content (AvgIpc) is 3.55. The van der Waals surface area contributed by atoms with Crippen molar-refractivity contribution in [2.75, 3.05) is 17.8 Å². The number of halogens is 1. The highest BCUT2D eigenvalue weighted by Crippen LogP contribution is 2.28. The van der Waals surface area contributed by atoms with Gasteiger partial charge in [-0.05, 0) is 43.2 Å². The number of rotatable bonds is 6. The summed E-state index contributed by atoms with van der Waals surface area (Å²) < 4.78 is 44.0. The number of aromatic nitrogens is 3. The van der Waals surface area contributed by atoms with E-state index in [1.165, 1.54) is 34.9 Å². The van der Waals surface area contributed by atoms with Gasteiger partial charge in [0.25, 0.3) is 0 Å². The molecule has 4 aromatic rings. The zero-order valence-corrected chi connectivity index (χ0v) is 19.1. The maximum Gasteiger partial charge on any atom is 0.301 e. The summed E-state index contributed by atoms with van der Waals surface area (Å²) in [6, 6.07) is 11.0. The Labute approximate surface area is 200 Å². The minimum atomic E-state index is -3.92. The van der Waals surface area contributed by atoms with Gasteiger partial charge in [-0.3, -0.25) is 9.52 Å². The zero-order chi connectivity index (χ0) is 24.6. The number of benzene rings is 1. The molecule has 1 aliphatic rings. The topological polar surface area (TPSA) is 132 Å². The second kappa shape index (κ2) is 8.90. The smallest absolute Gasteiger partial charge is 0.301 e. The van der Waals surface area contributed by atoms with Crippen molar-refractivity contribution in [3.05, 3.63) is 77.6 Å². The maximum absolute atomic E-state index is 15.3. The molecule has 0 spiro atoms. The summed E-state index contributed by atoms with van der Waals surface area (Å²) in [6.07, 6.45) is 6.07. The fourth-order valence-electron chi connectivity index (χ4n) is 4.04. The van der Waals surface area contributed by atoms with Crippen LogP contribution in [0.4, 0.5) is 10.1 Å². The standard InChI is InChI=1S/C24H19FN6O3S/c25-22-18(4-3-5-21(22)30-35(33,34)31-8-1-2-9-31)23(32)20-14-29-24-19(20)10-16(13-28-24)15-6-7-17(11-26)27-12-15/h3-7,10,12-14,30H,1-2,8-9H2,(H,28,29). The first-order valence-electron chi connectivity index (χ1n) is 10.8. The number of fused-ring (bicyclic) bond motifs is 1. The summed E-state index contributed by atoms with van der Waals surface area (Å²) in [7, 11) is -3.92. The highest BCUT2D eigenvalue weighted by Gasteiger charge is 2.27. The van der Waals surface area contributed by atoms with Crippen LogP contribution < -0.4 is 4.72 Å². The molecule has 1 saturated heterocycles. The van der Waals surface area contributed by atoms with E-state index in [-0.39, 0.29) is 22.5 Å². The lowest BCUT2D eigenvalue weighted by molar-refractivity contribution is 0.103. The minimum Gasteiger partial charge on any atom is -0.345 e. The number of aromatic amines is 1. The molecule has 0 unspecified atom stereocenters. The van der Waals surface area contributed by atoms with Gasteiger partial charge in [-0.25, -0.2) is 14.4 Å². The molecule has 1 aliphatic heterocycles. The Morgan fingerprint density at radius 2 is 1.86 bits per heavy atom. The van der Waals surface area contributed by atoms with Gasteiger partial charge < -0.3 is 4.98 Å². The van der Waals surface area contributed by atoms with Crippen molar-refractivity contribution in [3.63, 3.8) is 0 Å². The monoisotopic (exact) mass is 490 g/mol. The number of carbonyl (C=O) groups excluding carboxylic acids is 1. The highest BCUT2D eigenvalue weighted by molar-refractivity contribution is 7.90. The first-order chi connectivity index (χ1) is 16.9. The molecule has 0 saturated carbocycles. The largest absolute Gasteiger partial charge is 0.345 e. The molecule has 4 heterocycles. The molecule has 2 N–H and O–H groups in total. The van der Waals surface area contributed by atoms with Gasteiger partial charge in [-0.2, -0.15) is 18.0 Å². The normalized spacial score (nSPS) is 14.2. The number of H-pyrrole nitrogens is 1. The van der Waals surface area contributed by atoms with E-state index in [9.17, 15) is 13.2 Å². The van der Waals surface area contributed by atoms with E-state index in [2.05, 4.69) is 19.7 Å². The third-order valence-corrected chi connectivity index (χ3v) is 7.40. The van der Waals surface area contributed by atoms with Gasteiger partial charge in [0.2, 0.25) is 0 Å². The van der Waals surface area contributed by atoms with Gasteiger partial charge in [0, 0.05) is 53.8 Å². The third kappa shape index (κ3) is 4.25. The molecule has 1 fully saturated rings. The van der Waals surface area contributed by atoms with Crippen LogP contribution in [0.2, 0.25) is 0 Å². The molecule has 0 aliphatic carbocycles. The second-order valence-electron chi connectivity index (χ2n) is 8.08. The zero-order valence-electron chi connectivity index (χ0n) is 18.3. The Morgan fingerprint density at radius 1 is 1.09 bits per heavy atom. The molecule has 11 heteroatoms. The van der Waals surface area contributed by atoms with Crippen molar-refractivity contribution in [2.24, 2.45) is 0 Å². The van der Waals surface area contributed by atoms with E-state index in [4.69, 9.17) is 5.26 Å². The summed E-state index contributed by atoms with van der Waals surface area (Å²) in [6.45, 7) is 0.740. The lowest BCUT2D eigenvalue weighted by Gasteiger charge is -2.17. The first kappa shape index (κ1) is 22.6. The molecule has 0 radical (unpaired) electrons. The third-order valence-electron chi connectivity index (χ3n) is 5.87. The number of nitrogens with one attached hydrogen (secondary N) is 2.